The van der Waals surface area contributed by atoms with Crippen molar-refractivity contribution in [2.75, 3.05) is 12.3 Å². The third kappa shape index (κ3) is 2.80. The van der Waals surface area contributed by atoms with Crippen LogP contribution in [0.25, 0.3) is 10.1 Å². The summed E-state index contributed by atoms with van der Waals surface area (Å²) in [6.45, 7) is 2.79. The lowest BCUT2D eigenvalue weighted by atomic mass is 10.1. The van der Waals surface area contributed by atoms with Crippen molar-refractivity contribution >= 4 is 33.0 Å². The predicted molar refractivity (Wildman–Crippen MR) is 85.3 cm³/mol. The van der Waals surface area contributed by atoms with Crippen molar-refractivity contribution in [1.82, 2.24) is 5.32 Å². The van der Waals surface area contributed by atoms with E-state index in [0.717, 1.165) is 29.0 Å². The Kier molecular flexibility index (Phi) is 3.66. The Hall–Kier alpha value is -1.55. The highest BCUT2D eigenvalue weighted by molar-refractivity contribution is 7.21. The van der Waals surface area contributed by atoms with Crippen molar-refractivity contribution in [3.8, 4) is 0 Å². The molecule has 1 fully saturated rings. The molecule has 20 heavy (non-hydrogen) atoms. The SMILES string of the molecule is Cc1ccc2sc(C(=O)NCCCC3CC3)c(N)c2c1. The summed E-state index contributed by atoms with van der Waals surface area (Å²) in [6.07, 6.45) is 5.05. The minimum Gasteiger partial charge on any atom is -0.397 e. The van der Waals surface area contributed by atoms with Crippen molar-refractivity contribution in [3.05, 3.63) is 28.6 Å². The van der Waals surface area contributed by atoms with Crippen molar-refractivity contribution < 1.29 is 4.79 Å². The zero-order chi connectivity index (χ0) is 14.1. The Morgan fingerprint density at radius 1 is 1.45 bits per heavy atom. The maximum atomic E-state index is 12.2. The largest absolute Gasteiger partial charge is 0.397 e. The van der Waals surface area contributed by atoms with Gasteiger partial charge in [0.2, 0.25) is 0 Å². The molecule has 1 aliphatic carbocycles. The lowest BCUT2D eigenvalue weighted by molar-refractivity contribution is 0.0957. The van der Waals surface area contributed by atoms with E-state index < -0.39 is 0 Å². The van der Waals surface area contributed by atoms with E-state index in [2.05, 4.69) is 11.4 Å². The van der Waals surface area contributed by atoms with Crippen LogP contribution in [0.15, 0.2) is 18.2 Å². The monoisotopic (exact) mass is 288 g/mol. The molecule has 1 amide bonds. The van der Waals surface area contributed by atoms with Gasteiger partial charge in [0, 0.05) is 16.6 Å². The molecule has 1 heterocycles. The minimum atomic E-state index is -0.0304. The first-order chi connectivity index (χ1) is 9.65. The first-order valence-electron chi connectivity index (χ1n) is 7.22. The number of rotatable bonds is 5. The van der Waals surface area contributed by atoms with Gasteiger partial charge in [-0.05, 0) is 37.8 Å². The normalized spacial score (nSPS) is 14.7. The summed E-state index contributed by atoms with van der Waals surface area (Å²) in [5.41, 5.74) is 7.90. The Bertz CT molecular complexity index is 643. The molecule has 3 N–H and O–H groups in total. The van der Waals surface area contributed by atoms with Crippen LogP contribution in [0, 0.1) is 12.8 Å². The summed E-state index contributed by atoms with van der Waals surface area (Å²) in [5.74, 6) is 0.890. The Morgan fingerprint density at radius 3 is 3.00 bits per heavy atom. The lowest BCUT2D eigenvalue weighted by Gasteiger charge is -2.03. The fraction of sp³-hybridized carbons (Fsp3) is 0.438. The molecule has 1 aromatic carbocycles. The van der Waals surface area contributed by atoms with Crippen LogP contribution in [0.4, 0.5) is 5.69 Å². The topological polar surface area (TPSA) is 55.1 Å². The second kappa shape index (κ2) is 5.44. The number of hydrogen-bond acceptors (Lipinski definition) is 3. The summed E-state index contributed by atoms with van der Waals surface area (Å²) < 4.78 is 1.08. The smallest absolute Gasteiger partial charge is 0.263 e. The van der Waals surface area contributed by atoms with E-state index in [4.69, 9.17) is 5.73 Å². The molecule has 1 aliphatic rings. The van der Waals surface area contributed by atoms with Crippen LogP contribution in [0.3, 0.4) is 0 Å². The van der Waals surface area contributed by atoms with Crippen molar-refractivity contribution in [1.29, 1.82) is 0 Å². The van der Waals surface area contributed by atoms with Crippen LogP contribution in [-0.2, 0) is 0 Å². The van der Waals surface area contributed by atoms with Gasteiger partial charge in [0.1, 0.15) is 4.88 Å². The number of carbonyl (C=O) groups excluding carboxylic acids is 1. The van der Waals surface area contributed by atoms with Gasteiger partial charge >= 0.3 is 0 Å². The third-order valence-electron chi connectivity index (χ3n) is 3.86. The first kappa shape index (κ1) is 13.4. The number of benzene rings is 1. The molecular weight excluding hydrogens is 268 g/mol. The summed E-state index contributed by atoms with van der Waals surface area (Å²) in [4.78, 5) is 12.8. The van der Waals surface area contributed by atoms with Gasteiger partial charge in [-0.3, -0.25) is 4.79 Å². The van der Waals surface area contributed by atoms with Crippen LogP contribution >= 0.6 is 11.3 Å². The number of nitrogen functional groups attached to an aromatic ring is 1. The van der Waals surface area contributed by atoms with E-state index in [-0.39, 0.29) is 5.91 Å². The van der Waals surface area contributed by atoms with Gasteiger partial charge in [0.15, 0.2) is 0 Å². The molecule has 3 nitrogen and oxygen atoms in total. The second-order valence-electron chi connectivity index (χ2n) is 5.69. The lowest BCUT2D eigenvalue weighted by Crippen LogP contribution is -2.24. The molecule has 0 aliphatic heterocycles. The van der Waals surface area contributed by atoms with Gasteiger partial charge < -0.3 is 11.1 Å². The predicted octanol–water partition coefficient (Wildman–Crippen LogP) is 3.71. The van der Waals surface area contributed by atoms with Crippen molar-refractivity contribution in [2.24, 2.45) is 5.92 Å². The number of nitrogens with two attached hydrogens (primary N) is 1. The molecule has 1 saturated carbocycles. The van der Waals surface area contributed by atoms with E-state index in [9.17, 15) is 4.79 Å². The highest BCUT2D eigenvalue weighted by Gasteiger charge is 2.20. The van der Waals surface area contributed by atoms with Crippen LogP contribution in [0.2, 0.25) is 0 Å². The van der Waals surface area contributed by atoms with Crippen LogP contribution in [-0.4, -0.2) is 12.5 Å². The molecule has 0 unspecified atom stereocenters. The van der Waals surface area contributed by atoms with Gasteiger partial charge in [-0.15, -0.1) is 11.3 Å². The zero-order valence-electron chi connectivity index (χ0n) is 11.7. The standard InChI is InChI=1S/C16H20N2OS/c1-10-4-7-13-12(9-10)14(17)15(20-13)16(19)18-8-2-3-11-5-6-11/h4,7,9,11H,2-3,5-6,8,17H2,1H3,(H,18,19). The third-order valence-corrected chi connectivity index (χ3v) is 5.05. The molecular formula is C16H20N2OS. The number of amides is 1. The maximum Gasteiger partial charge on any atom is 0.263 e. The molecule has 0 saturated heterocycles. The average Bonchev–Trinajstić information content (AvgIpc) is 3.20. The molecule has 3 rings (SSSR count). The van der Waals surface area contributed by atoms with E-state index >= 15 is 0 Å². The molecule has 4 heteroatoms. The van der Waals surface area contributed by atoms with E-state index in [0.29, 0.717) is 10.6 Å². The Morgan fingerprint density at radius 2 is 2.25 bits per heavy atom. The zero-order valence-corrected chi connectivity index (χ0v) is 12.6. The number of carbonyl (C=O) groups is 1. The van der Waals surface area contributed by atoms with E-state index in [1.54, 1.807) is 0 Å². The number of fused-ring (bicyclic) bond motifs is 1. The molecule has 106 valence electrons. The number of hydrogen-bond donors (Lipinski definition) is 2. The highest BCUT2D eigenvalue weighted by atomic mass is 32.1. The van der Waals surface area contributed by atoms with Crippen LogP contribution in [0.5, 0.6) is 0 Å². The van der Waals surface area contributed by atoms with Gasteiger partial charge in [-0.25, -0.2) is 0 Å². The van der Waals surface area contributed by atoms with Crippen molar-refractivity contribution in [3.63, 3.8) is 0 Å². The number of anilines is 1. The molecule has 0 radical (unpaired) electrons. The van der Waals surface area contributed by atoms with E-state index in [1.807, 2.05) is 19.1 Å². The van der Waals surface area contributed by atoms with Gasteiger partial charge in [-0.2, -0.15) is 0 Å². The van der Waals surface area contributed by atoms with Gasteiger partial charge in [0.25, 0.3) is 5.91 Å². The molecule has 1 aromatic heterocycles. The van der Waals surface area contributed by atoms with Gasteiger partial charge in [-0.1, -0.05) is 24.5 Å². The average molecular weight is 288 g/mol. The number of thiophene rings is 1. The summed E-state index contributed by atoms with van der Waals surface area (Å²) in [6, 6.07) is 6.14. The summed E-state index contributed by atoms with van der Waals surface area (Å²) in [5, 5.41) is 3.99. The molecule has 2 aromatic rings. The molecule has 0 bridgehead atoms. The summed E-state index contributed by atoms with van der Waals surface area (Å²) >= 11 is 1.48. The van der Waals surface area contributed by atoms with Crippen LogP contribution in [0.1, 0.15) is 40.9 Å². The number of aryl methyl sites for hydroxylation is 1. The Balaban J connectivity index is 1.68. The fourth-order valence-corrected chi connectivity index (χ4v) is 3.50. The Labute approximate surface area is 123 Å². The summed E-state index contributed by atoms with van der Waals surface area (Å²) in [7, 11) is 0. The fourth-order valence-electron chi connectivity index (χ4n) is 2.48. The minimum absolute atomic E-state index is 0.0304. The van der Waals surface area contributed by atoms with Crippen LogP contribution < -0.4 is 11.1 Å². The first-order valence-corrected chi connectivity index (χ1v) is 8.03. The molecule has 0 spiro atoms. The highest BCUT2D eigenvalue weighted by Crippen LogP contribution is 2.34. The van der Waals surface area contributed by atoms with Crippen molar-refractivity contribution in [2.45, 2.75) is 32.6 Å². The maximum absolute atomic E-state index is 12.2. The number of nitrogens with one attached hydrogen (secondary N) is 1. The molecule has 0 atom stereocenters. The quantitative estimate of drug-likeness (QED) is 0.824. The van der Waals surface area contributed by atoms with Gasteiger partial charge in [0.05, 0.1) is 5.69 Å². The second-order valence-corrected chi connectivity index (χ2v) is 6.74. The van der Waals surface area contributed by atoms with E-state index in [1.165, 1.54) is 36.2 Å².